The molecule has 0 saturated heterocycles. The number of rotatable bonds is 4. The van der Waals surface area contributed by atoms with Crippen LogP contribution in [0.15, 0.2) is 12.4 Å². The number of halogens is 3. The molecule has 8 heteroatoms. The minimum Gasteiger partial charge on any atom is -0.361 e. The number of hydrogen-bond acceptors (Lipinski definition) is 4. The van der Waals surface area contributed by atoms with Crippen LogP contribution in [0.2, 0.25) is 0 Å². The van der Waals surface area contributed by atoms with Crippen LogP contribution in [0.1, 0.15) is 12.6 Å². The molecule has 0 saturated carbocycles. The highest BCUT2D eigenvalue weighted by atomic mass is 19.4. The van der Waals surface area contributed by atoms with E-state index in [1.165, 1.54) is 4.90 Å². The molecule has 0 radical (unpaired) electrons. The van der Waals surface area contributed by atoms with E-state index in [4.69, 9.17) is 0 Å². The summed E-state index contributed by atoms with van der Waals surface area (Å²) in [5.41, 5.74) is -1.05. The Hall–Kier alpha value is -1.86. The van der Waals surface area contributed by atoms with Gasteiger partial charge in [-0.1, -0.05) is 0 Å². The van der Waals surface area contributed by atoms with Crippen molar-refractivity contribution in [1.29, 1.82) is 0 Å². The van der Waals surface area contributed by atoms with Gasteiger partial charge in [0.1, 0.15) is 17.8 Å². The second-order valence-electron chi connectivity index (χ2n) is 3.55. The molecule has 1 amide bonds. The second kappa shape index (κ2) is 5.65. The van der Waals surface area contributed by atoms with E-state index in [1.807, 2.05) is 0 Å². The fourth-order valence-electron chi connectivity index (χ4n) is 1.09. The summed E-state index contributed by atoms with van der Waals surface area (Å²) in [4.78, 5) is 19.6. The Morgan fingerprint density at radius 1 is 1.44 bits per heavy atom. The van der Waals surface area contributed by atoms with Gasteiger partial charge in [0, 0.05) is 19.7 Å². The maximum atomic E-state index is 12.4. The first-order valence-corrected chi connectivity index (χ1v) is 5.21. The molecule has 0 aromatic carbocycles. The van der Waals surface area contributed by atoms with Gasteiger partial charge in [-0.3, -0.25) is 4.79 Å². The molecule has 1 N–H and O–H groups in total. The summed E-state index contributed by atoms with van der Waals surface area (Å²) in [5.74, 6) is -0.264. The van der Waals surface area contributed by atoms with Gasteiger partial charge in [-0.15, -0.1) is 0 Å². The van der Waals surface area contributed by atoms with Crippen molar-refractivity contribution in [1.82, 2.24) is 14.9 Å². The highest BCUT2D eigenvalue weighted by Crippen LogP contribution is 2.27. The fourth-order valence-corrected chi connectivity index (χ4v) is 1.09. The zero-order chi connectivity index (χ0) is 13.8. The minimum atomic E-state index is -4.52. The molecule has 100 valence electrons. The first-order chi connectivity index (χ1) is 8.34. The van der Waals surface area contributed by atoms with Gasteiger partial charge in [0.25, 0.3) is 0 Å². The van der Waals surface area contributed by atoms with Crippen molar-refractivity contribution in [3.8, 4) is 0 Å². The van der Waals surface area contributed by atoms with Crippen LogP contribution in [0.25, 0.3) is 0 Å². The summed E-state index contributed by atoms with van der Waals surface area (Å²) in [5, 5.41) is 2.53. The molecule has 0 bridgehead atoms. The molecule has 1 heterocycles. The number of hydrogen-bond donors (Lipinski definition) is 1. The predicted octanol–water partition coefficient (Wildman–Crippen LogP) is 1.39. The van der Waals surface area contributed by atoms with E-state index in [2.05, 4.69) is 15.3 Å². The van der Waals surface area contributed by atoms with Crippen molar-refractivity contribution in [2.24, 2.45) is 0 Å². The highest BCUT2D eigenvalue weighted by Gasteiger charge is 2.32. The van der Waals surface area contributed by atoms with Gasteiger partial charge in [-0.2, -0.15) is 13.2 Å². The van der Waals surface area contributed by atoms with Crippen molar-refractivity contribution in [3.63, 3.8) is 0 Å². The minimum absolute atomic E-state index is 0.0322. The third-order valence-electron chi connectivity index (χ3n) is 2.28. The van der Waals surface area contributed by atoms with Crippen molar-refractivity contribution < 1.29 is 18.0 Å². The second-order valence-corrected chi connectivity index (χ2v) is 3.55. The third kappa shape index (κ3) is 3.86. The lowest BCUT2D eigenvalue weighted by Crippen LogP contribution is -2.32. The van der Waals surface area contributed by atoms with Crippen LogP contribution in [0.4, 0.5) is 19.0 Å². The maximum absolute atomic E-state index is 12.4. The van der Waals surface area contributed by atoms with Gasteiger partial charge in [-0.05, 0) is 6.92 Å². The normalized spacial score (nSPS) is 11.2. The number of likely N-dealkylation sites (N-methyl/N-ethyl adjacent to an activating group) is 1. The summed E-state index contributed by atoms with van der Waals surface area (Å²) < 4.78 is 37.1. The third-order valence-corrected chi connectivity index (χ3v) is 2.28. The van der Waals surface area contributed by atoms with E-state index in [1.54, 1.807) is 14.0 Å². The van der Waals surface area contributed by atoms with Gasteiger partial charge >= 0.3 is 6.18 Å². The van der Waals surface area contributed by atoms with E-state index in [0.717, 1.165) is 12.4 Å². The Morgan fingerprint density at radius 2 is 2.11 bits per heavy atom. The number of amides is 1. The molecule has 1 aromatic heterocycles. The monoisotopic (exact) mass is 262 g/mol. The molecule has 0 aliphatic heterocycles. The number of alkyl halides is 3. The number of nitrogens with one attached hydrogen (secondary N) is 1. The number of carbonyl (C=O) groups excluding carboxylic acids is 1. The van der Waals surface area contributed by atoms with E-state index in [0.29, 0.717) is 6.54 Å². The van der Waals surface area contributed by atoms with E-state index >= 15 is 0 Å². The zero-order valence-corrected chi connectivity index (χ0v) is 9.95. The van der Waals surface area contributed by atoms with Gasteiger partial charge in [0.05, 0.1) is 6.54 Å². The summed E-state index contributed by atoms with van der Waals surface area (Å²) in [7, 11) is 1.60. The number of aromatic nitrogens is 2. The van der Waals surface area contributed by atoms with Gasteiger partial charge in [0.15, 0.2) is 0 Å². The Kier molecular flexibility index (Phi) is 4.46. The van der Waals surface area contributed by atoms with Crippen LogP contribution in [0.3, 0.4) is 0 Å². The molecule has 5 nitrogen and oxygen atoms in total. The number of carbonyl (C=O) groups is 1. The van der Waals surface area contributed by atoms with Crippen LogP contribution in [0.5, 0.6) is 0 Å². The van der Waals surface area contributed by atoms with Crippen LogP contribution in [-0.4, -0.2) is 40.9 Å². The fraction of sp³-hybridized carbons (Fsp3) is 0.500. The Balaban J connectivity index is 2.66. The average Bonchev–Trinajstić information content (AvgIpc) is 2.34. The molecular weight excluding hydrogens is 249 g/mol. The molecule has 18 heavy (non-hydrogen) atoms. The van der Waals surface area contributed by atoms with Crippen LogP contribution in [0, 0.1) is 0 Å². The molecule has 0 aliphatic carbocycles. The summed E-state index contributed by atoms with van der Waals surface area (Å²) in [6, 6.07) is 0.763. The SMILES string of the molecule is CCN(C)C(=O)CNc1cc(C(F)(F)F)ncn1. The number of nitrogens with zero attached hydrogens (tertiary/aromatic N) is 3. The Bertz CT molecular complexity index is 422. The maximum Gasteiger partial charge on any atom is 0.433 e. The smallest absolute Gasteiger partial charge is 0.361 e. The standard InChI is InChI=1S/C10H13F3N4O/c1-3-17(2)9(18)5-14-8-4-7(10(11,12)13)15-6-16-8/h4,6H,3,5H2,1-2H3,(H,14,15,16). The van der Waals surface area contributed by atoms with Gasteiger partial charge in [-0.25, -0.2) is 9.97 Å². The van der Waals surface area contributed by atoms with Crippen LogP contribution >= 0.6 is 0 Å². The first kappa shape index (κ1) is 14.2. The lowest BCUT2D eigenvalue weighted by atomic mass is 10.4. The Morgan fingerprint density at radius 3 is 2.67 bits per heavy atom. The van der Waals surface area contributed by atoms with E-state index in [9.17, 15) is 18.0 Å². The van der Waals surface area contributed by atoms with Gasteiger partial charge < -0.3 is 10.2 Å². The number of anilines is 1. The van der Waals surface area contributed by atoms with Crippen molar-refractivity contribution in [2.45, 2.75) is 13.1 Å². The lowest BCUT2D eigenvalue weighted by Gasteiger charge is -2.15. The highest BCUT2D eigenvalue weighted by molar-refractivity contribution is 5.80. The average molecular weight is 262 g/mol. The summed E-state index contributed by atoms with van der Waals surface area (Å²) in [6.07, 6.45) is -3.72. The zero-order valence-electron chi connectivity index (χ0n) is 9.95. The molecule has 1 rings (SSSR count). The van der Waals surface area contributed by atoms with Crippen molar-refractivity contribution >= 4 is 11.7 Å². The quantitative estimate of drug-likeness (QED) is 0.890. The van der Waals surface area contributed by atoms with Crippen molar-refractivity contribution in [2.75, 3.05) is 25.5 Å². The van der Waals surface area contributed by atoms with E-state index in [-0.39, 0.29) is 18.3 Å². The molecule has 1 aromatic rings. The molecule has 0 atom stereocenters. The molecule has 0 fully saturated rings. The molecule has 0 aliphatic rings. The van der Waals surface area contributed by atoms with Crippen molar-refractivity contribution in [3.05, 3.63) is 18.1 Å². The van der Waals surface area contributed by atoms with Crippen LogP contribution in [-0.2, 0) is 11.0 Å². The Labute approximate surface area is 102 Å². The molecule has 0 unspecified atom stereocenters. The summed E-state index contributed by atoms with van der Waals surface area (Å²) in [6.45, 7) is 2.21. The molecule has 0 spiro atoms. The summed E-state index contributed by atoms with van der Waals surface area (Å²) >= 11 is 0. The molecular formula is C10H13F3N4O. The largest absolute Gasteiger partial charge is 0.433 e. The lowest BCUT2D eigenvalue weighted by molar-refractivity contribution is -0.141. The predicted molar refractivity (Wildman–Crippen MR) is 58.8 cm³/mol. The topological polar surface area (TPSA) is 58.1 Å². The van der Waals surface area contributed by atoms with Gasteiger partial charge in [0.2, 0.25) is 5.91 Å². The van der Waals surface area contributed by atoms with Crippen LogP contribution < -0.4 is 5.32 Å². The van der Waals surface area contributed by atoms with E-state index < -0.39 is 11.9 Å². The first-order valence-electron chi connectivity index (χ1n) is 5.21.